The van der Waals surface area contributed by atoms with E-state index in [-0.39, 0.29) is 11.9 Å². The van der Waals surface area contributed by atoms with Crippen molar-refractivity contribution in [2.24, 2.45) is 0 Å². The zero-order chi connectivity index (χ0) is 23.2. The van der Waals surface area contributed by atoms with Gasteiger partial charge in [0.25, 0.3) is 5.91 Å². The summed E-state index contributed by atoms with van der Waals surface area (Å²) in [6.07, 6.45) is 0. The molecule has 0 bridgehead atoms. The molecule has 4 aromatic rings. The maximum Gasteiger partial charge on any atom is 0.256 e. The van der Waals surface area contributed by atoms with Gasteiger partial charge in [-0.25, -0.2) is 0 Å². The molecule has 0 unspecified atom stereocenters. The lowest BCUT2D eigenvalue weighted by Gasteiger charge is -2.33. The van der Waals surface area contributed by atoms with E-state index in [9.17, 15) is 4.79 Å². The van der Waals surface area contributed by atoms with Gasteiger partial charge in [0.15, 0.2) is 0 Å². The summed E-state index contributed by atoms with van der Waals surface area (Å²) >= 11 is 6.47. The maximum absolute atomic E-state index is 14.0. The number of nitrogens with zero attached hydrogens (tertiary/aromatic N) is 2. The third-order valence-corrected chi connectivity index (χ3v) is 6.04. The summed E-state index contributed by atoms with van der Waals surface area (Å²) in [7, 11) is 4.03. The fraction of sp³-hybridized carbons (Fsp3) is 0.138. The molecule has 0 spiro atoms. The summed E-state index contributed by atoms with van der Waals surface area (Å²) in [5.74, 6) is -0.102. The van der Waals surface area contributed by atoms with E-state index in [0.29, 0.717) is 17.1 Å². The van der Waals surface area contributed by atoms with Gasteiger partial charge in [-0.05, 0) is 41.0 Å². The Morgan fingerprint density at radius 1 is 0.727 bits per heavy atom. The minimum absolute atomic E-state index is 0.102. The SMILES string of the molecule is CN(C)c1ccc(CN(C(=O)c2ccccc2Cl)C(c2ccccc2)c2ccccc2)cc1. The van der Waals surface area contributed by atoms with E-state index in [1.54, 1.807) is 12.1 Å². The van der Waals surface area contributed by atoms with Crippen molar-refractivity contribution in [1.29, 1.82) is 0 Å². The molecule has 0 aliphatic heterocycles. The van der Waals surface area contributed by atoms with Crippen LogP contribution in [0.3, 0.4) is 0 Å². The van der Waals surface area contributed by atoms with Crippen LogP contribution in [-0.2, 0) is 6.54 Å². The number of carbonyl (C=O) groups excluding carboxylic acids is 1. The molecule has 3 nitrogen and oxygen atoms in total. The van der Waals surface area contributed by atoms with E-state index in [1.165, 1.54) is 0 Å². The molecular formula is C29H27ClN2O. The number of halogens is 1. The first-order valence-corrected chi connectivity index (χ1v) is 11.3. The van der Waals surface area contributed by atoms with Gasteiger partial charge in [0.2, 0.25) is 0 Å². The third kappa shape index (κ3) is 5.27. The molecule has 0 N–H and O–H groups in total. The third-order valence-electron chi connectivity index (χ3n) is 5.71. The van der Waals surface area contributed by atoms with Crippen LogP contribution < -0.4 is 4.90 Å². The first kappa shape index (κ1) is 22.6. The van der Waals surface area contributed by atoms with Crippen molar-refractivity contribution >= 4 is 23.2 Å². The van der Waals surface area contributed by atoms with E-state index in [0.717, 1.165) is 22.4 Å². The molecule has 4 heteroatoms. The molecular weight excluding hydrogens is 428 g/mol. The molecule has 0 aliphatic rings. The van der Waals surface area contributed by atoms with Crippen molar-refractivity contribution < 1.29 is 4.79 Å². The second kappa shape index (κ2) is 10.4. The topological polar surface area (TPSA) is 23.6 Å². The highest BCUT2D eigenvalue weighted by atomic mass is 35.5. The molecule has 0 atom stereocenters. The quantitative estimate of drug-likeness (QED) is 0.305. The lowest BCUT2D eigenvalue weighted by Crippen LogP contribution is -2.35. The molecule has 0 aliphatic carbocycles. The minimum Gasteiger partial charge on any atom is -0.378 e. The average Bonchev–Trinajstić information content (AvgIpc) is 2.85. The summed E-state index contributed by atoms with van der Waals surface area (Å²) < 4.78 is 0. The lowest BCUT2D eigenvalue weighted by molar-refractivity contribution is 0.0691. The molecule has 166 valence electrons. The summed E-state index contributed by atoms with van der Waals surface area (Å²) in [5.41, 5.74) is 4.77. The van der Waals surface area contributed by atoms with Gasteiger partial charge < -0.3 is 9.80 Å². The molecule has 0 aromatic heterocycles. The molecule has 33 heavy (non-hydrogen) atoms. The summed E-state index contributed by atoms with van der Waals surface area (Å²) in [6.45, 7) is 0.451. The average molecular weight is 455 g/mol. The van der Waals surface area contributed by atoms with Gasteiger partial charge in [0.1, 0.15) is 0 Å². The van der Waals surface area contributed by atoms with Crippen molar-refractivity contribution in [3.63, 3.8) is 0 Å². The first-order chi connectivity index (χ1) is 16.0. The summed E-state index contributed by atoms with van der Waals surface area (Å²) in [5, 5.41) is 0.454. The minimum atomic E-state index is -0.260. The van der Waals surface area contributed by atoms with E-state index in [1.807, 2.05) is 67.5 Å². The molecule has 0 fully saturated rings. The molecule has 0 saturated heterocycles. The summed E-state index contributed by atoms with van der Waals surface area (Å²) in [6, 6.07) is 35.6. The van der Waals surface area contributed by atoms with Crippen LogP contribution in [0.2, 0.25) is 5.02 Å². The van der Waals surface area contributed by atoms with Crippen LogP contribution in [0, 0.1) is 0 Å². The van der Waals surface area contributed by atoms with E-state index < -0.39 is 0 Å². The van der Waals surface area contributed by atoms with Crippen LogP contribution in [-0.4, -0.2) is 24.9 Å². The van der Waals surface area contributed by atoms with Gasteiger partial charge in [0.05, 0.1) is 16.6 Å². The van der Waals surface area contributed by atoms with Gasteiger partial charge in [-0.3, -0.25) is 4.79 Å². The second-order valence-electron chi connectivity index (χ2n) is 8.20. The Morgan fingerprint density at radius 2 is 1.24 bits per heavy atom. The molecule has 0 radical (unpaired) electrons. The van der Waals surface area contributed by atoms with Gasteiger partial charge in [-0.1, -0.05) is 96.5 Å². The Kier molecular flexibility index (Phi) is 7.11. The predicted molar refractivity (Wildman–Crippen MR) is 137 cm³/mol. The molecule has 1 amide bonds. The van der Waals surface area contributed by atoms with Crippen LogP contribution in [0.5, 0.6) is 0 Å². The number of anilines is 1. The number of hydrogen-bond donors (Lipinski definition) is 0. The van der Waals surface area contributed by atoms with Crippen molar-refractivity contribution in [3.8, 4) is 0 Å². The van der Waals surface area contributed by atoms with Crippen LogP contribution >= 0.6 is 11.6 Å². The largest absolute Gasteiger partial charge is 0.378 e. The molecule has 0 heterocycles. The van der Waals surface area contributed by atoms with Crippen molar-refractivity contribution in [2.45, 2.75) is 12.6 Å². The van der Waals surface area contributed by atoms with Crippen molar-refractivity contribution in [2.75, 3.05) is 19.0 Å². The fourth-order valence-electron chi connectivity index (χ4n) is 3.99. The standard InChI is InChI=1S/C29H27ClN2O/c1-31(2)25-19-17-22(18-20-25)21-32(29(33)26-15-9-10-16-27(26)30)28(23-11-5-3-6-12-23)24-13-7-4-8-14-24/h3-20,28H,21H2,1-2H3. The molecule has 0 saturated carbocycles. The normalized spacial score (nSPS) is 10.8. The van der Waals surface area contributed by atoms with Gasteiger partial charge in [0, 0.05) is 26.3 Å². The zero-order valence-electron chi connectivity index (χ0n) is 18.9. The van der Waals surface area contributed by atoms with Gasteiger partial charge in [-0.2, -0.15) is 0 Å². The fourth-order valence-corrected chi connectivity index (χ4v) is 4.21. The number of amides is 1. The Bertz CT molecular complexity index is 1150. The maximum atomic E-state index is 14.0. The Morgan fingerprint density at radius 3 is 1.76 bits per heavy atom. The van der Waals surface area contributed by atoms with Gasteiger partial charge in [-0.15, -0.1) is 0 Å². The Hall–Kier alpha value is -3.56. The van der Waals surface area contributed by atoms with Crippen LogP contribution in [0.15, 0.2) is 109 Å². The number of rotatable bonds is 7. The second-order valence-corrected chi connectivity index (χ2v) is 8.60. The van der Waals surface area contributed by atoms with Crippen LogP contribution in [0.1, 0.15) is 33.1 Å². The monoisotopic (exact) mass is 454 g/mol. The summed E-state index contributed by atoms with van der Waals surface area (Å²) in [4.78, 5) is 17.9. The zero-order valence-corrected chi connectivity index (χ0v) is 19.6. The van der Waals surface area contributed by atoms with Crippen LogP contribution in [0.4, 0.5) is 5.69 Å². The number of hydrogen-bond acceptors (Lipinski definition) is 2. The lowest BCUT2D eigenvalue weighted by atomic mass is 9.95. The Labute approximate surface area is 200 Å². The molecule has 4 rings (SSSR count). The smallest absolute Gasteiger partial charge is 0.256 e. The molecule has 4 aromatic carbocycles. The van der Waals surface area contributed by atoms with E-state index >= 15 is 0 Å². The Balaban J connectivity index is 1.82. The number of carbonyl (C=O) groups is 1. The highest BCUT2D eigenvalue weighted by Crippen LogP contribution is 2.33. The van der Waals surface area contributed by atoms with Crippen LogP contribution in [0.25, 0.3) is 0 Å². The number of benzene rings is 4. The van der Waals surface area contributed by atoms with Gasteiger partial charge >= 0.3 is 0 Å². The van der Waals surface area contributed by atoms with E-state index in [2.05, 4.69) is 53.4 Å². The first-order valence-electron chi connectivity index (χ1n) is 11.0. The highest BCUT2D eigenvalue weighted by molar-refractivity contribution is 6.33. The van der Waals surface area contributed by atoms with Crippen molar-refractivity contribution in [1.82, 2.24) is 4.90 Å². The predicted octanol–water partition coefficient (Wildman–Crippen LogP) is 6.84. The highest BCUT2D eigenvalue weighted by Gasteiger charge is 2.29. The van der Waals surface area contributed by atoms with Crippen molar-refractivity contribution in [3.05, 3.63) is 136 Å². The van der Waals surface area contributed by atoms with E-state index in [4.69, 9.17) is 11.6 Å².